The highest BCUT2D eigenvalue weighted by molar-refractivity contribution is 6.35. The second-order valence-electron chi connectivity index (χ2n) is 5.81. The molecule has 3 amide bonds. The van der Waals surface area contributed by atoms with Crippen LogP contribution >= 0.6 is 23.2 Å². The molecule has 2 aromatic rings. The molecule has 1 fully saturated rings. The van der Waals surface area contributed by atoms with E-state index in [9.17, 15) is 18.4 Å². The highest BCUT2D eigenvalue weighted by Gasteiger charge is 2.49. The van der Waals surface area contributed by atoms with E-state index in [2.05, 4.69) is 5.32 Å². The molecule has 25 heavy (non-hydrogen) atoms. The Balaban J connectivity index is 1.92. The van der Waals surface area contributed by atoms with Crippen LogP contribution in [0.3, 0.4) is 0 Å². The molecule has 0 spiro atoms. The van der Waals surface area contributed by atoms with Crippen molar-refractivity contribution in [2.45, 2.75) is 19.0 Å². The quantitative estimate of drug-likeness (QED) is 0.804. The number of nitrogens with one attached hydrogen (secondary N) is 1. The van der Waals surface area contributed by atoms with Crippen LogP contribution in [-0.2, 0) is 16.9 Å². The predicted octanol–water partition coefficient (Wildman–Crippen LogP) is 4.24. The topological polar surface area (TPSA) is 49.4 Å². The summed E-state index contributed by atoms with van der Waals surface area (Å²) in [5.41, 5.74) is -0.816. The maximum Gasteiger partial charge on any atom is 0.325 e. The lowest BCUT2D eigenvalue weighted by molar-refractivity contribution is -0.131. The average Bonchev–Trinajstić information content (AvgIpc) is 2.76. The van der Waals surface area contributed by atoms with Crippen molar-refractivity contribution in [3.63, 3.8) is 0 Å². The molecule has 0 bridgehead atoms. The maximum absolute atomic E-state index is 13.5. The van der Waals surface area contributed by atoms with Crippen molar-refractivity contribution in [1.82, 2.24) is 10.2 Å². The summed E-state index contributed by atoms with van der Waals surface area (Å²) in [6.45, 7) is 1.36. The van der Waals surface area contributed by atoms with E-state index in [1.165, 1.54) is 19.1 Å². The van der Waals surface area contributed by atoms with Crippen LogP contribution in [0.1, 0.15) is 18.1 Å². The van der Waals surface area contributed by atoms with Crippen LogP contribution in [0.25, 0.3) is 0 Å². The molecular formula is C17H12Cl2F2N2O2. The van der Waals surface area contributed by atoms with Gasteiger partial charge in [-0.2, -0.15) is 0 Å². The van der Waals surface area contributed by atoms with Crippen LogP contribution in [0.5, 0.6) is 0 Å². The van der Waals surface area contributed by atoms with Gasteiger partial charge in [0.25, 0.3) is 5.91 Å². The SMILES string of the molecule is CC1(c2ccc(F)c(F)c2)NC(=O)N(Cc2ccc(Cl)cc2Cl)C1=O. The Morgan fingerprint density at radius 2 is 1.80 bits per heavy atom. The van der Waals surface area contributed by atoms with Gasteiger partial charge in [-0.05, 0) is 42.3 Å². The molecule has 0 aromatic heterocycles. The highest BCUT2D eigenvalue weighted by Crippen LogP contribution is 2.32. The van der Waals surface area contributed by atoms with Gasteiger partial charge in [0, 0.05) is 10.0 Å². The number of benzene rings is 2. The van der Waals surface area contributed by atoms with Crippen molar-refractivity contribution in [3.05, 3.63) is 69.2 Å². The molecule has 4 nitrogen and oxygen atoms in total. The second kappa shape index (κ2) is 6.28. The summed E-state index contributed by atoms with van der Waals surface area (Å²) in [4.78, 5) is 26.0. The first-order valence-corrected chi connectivity index (χ1v) is 8.01. The van der Waals surface area contributed by atoms with E-state index in [4.69, 9.17) is 23.2 Å². The minimum Gasteiger partial charge on any atom is -0.319 e. The first-order valence-electron chi connectivity index (χ1n) is 7.26. The Morgan fingerprint density at radius 3 is 2.44 bits per heavy atom. The summed E-state index contributed by atoms with van der Waals surface area (Å²) < 4.78 is 26.7. The number of imide groups is 1. The van der Waals surface area contributed by atoms with Crippen molar-refractivity contribution in [1.29, 1.82) is 0 Å². The summed E-state index contributed by atoms with van der Waals surface area (Å²) in [6.07, 6.45) is 0. The molecule has 3 rings (SSSR count). The van der Waals surface area contributed by atoms with Gasteiger partial charge < -0.3 is 5.32 Å². The smallest absolute Gasteiger partial charge is 0.319 e. The Labute approximate surface area is 152 Å². The van der Waals surface area contributed by atoms with Gasteiger partial charge >= 0.3 is 6.03 Å². The van der Waals surface area contributed by atoms with E-state index < -0.39 is 29.1 Å². The van der Waals surface area contributed by atoms with Gasteiger partial charge in [-0.1, -0.05) is 35.3 Å². The standard InChI is InChI=1S/C17H12Cl2F2N2O2/c1-17(10-3-5-13(20)14(21)6-10)15(24)23(16(25)22-17)8-9-2-4-11(18)7-12(9)19/h2-7H,8H2,1H3,(H,22,25). The Hall–Kier alpha value is -2.18. The monoisotopic (exact) mass is 384 g/mol. The summed E-state index contributed by atoms with van der Waals surface area (Å²) in [5.74, 6) is -2.72. The number of nitrogens with zero attached hydrogens (tertiary/aromatic N) is 1. The van der Waals surface area contributed by atoms with E-state index in [0.717, 1.165) is 17.0 Å². The van der Waals surface area contributed by atoms with E-state index in [1.807, 2.05) is 0 Å². The summed E-state index contributed by atoms with van der Waals surface area (Å²) in [6, 6.07) is 7.12. The van der Waals surface area contributed by atoms with Crippen LogP contribution in [0.2, 0.25) is 10.0 Å². The summed E-state index contributed by atoms with van der Waals surface area (Å²) in [7, 11) is 0. The fourth-order valence-electron chi connectivity index (χ4n) is 2.66. The van der Waals surface area contributed by atoms with Crippen LogP contribution in [0.15, 0.2) is 36.4 Å². The number of rotatable bonds is 3. The highest BCUT2D eigenvalue weighted by atomic mass is 35.5. The van der Waals surface area contributed by atoms with Gasteiger partial charge in [-0.25, -0.2) is 13.6 Å². The minimum atomic E-state index is -1.50. The van der Waals surface area contributed by atoms with Gasteiger partial charge in [-0.3, -0.25) is 9.69 Å². The maximum atomic E-state index is 13.5. The number of carbonyl (C=O) groups excluding carboxylic acids is 2. The van der Waals surface area contributed by atoms with E-state index in [1.54, 1.807) is 12.1 Å². The van der Waals surface area contributed by atoms with Gasteiger partial charge in [-0.15, -0.1) is 0 Å². The number of halogens is 4. The Kier molecular flexibility index (Phi) is 4.43. The van der Waals surface area contributed by atoms with Crippen molar-refractivity contribution in [2.24, 2.45) is 0 Å². The average molecular weight is 385 g/mol. The third-order valence-corrected chi connectivity index (χ3v) is 4.70. The zero-order valence-corrected chi connectivity index (χ0v) is 14.5. The number of carbonyl (C=O) groups is 2. The van der Waals surface area contributed by atoms with Crippen molar-refractivity contribution >= 4 is 35.1 Å². The summed E-state index contributed by atoms with van der Waals surface area (Å²) >= 11 is 11.9. The Morgan fingerprint density at radius 1 is 1.08 bits per heavy atom. The largest absolute Gasteiger partial charge is 0.325 e. The van der Waals surface area contributed by atoms with Gasteiger partial charge in [0.2, 0.25) is 0 Å². The minimum absolute atomic E-state index is 0.0695. The number of hydrogen-bond donors (Lipinski definition) is 1. The molecule has 1 aliphatic heterocycles. The first kappa shape index (κ1) is 17.6. The lowest BCUT2D eigenvalue weighted by Gasteiger charge is -2.22. The zero-order valence-electron chi connectivity index (χ0n) is 12.9. The first-order chi connectivity index (χ1) is 11.7. The molecule has 1 heterocycles. The second-order valence-corrected chi connectivity index (χ2v) is 6.65. The lowest BCUT2D eigenvalue weighted by atomic mass is 9.92. The third-order valence-electron chi connectivity index (χ3n) is 4.12. The molecule has 1 aliphatic rings. The summed E-state index contributed by atoms with van der Waals surface area (Å²) in [5, 5.41) is 3.27. The molecule has 130 valence electrons. The fraction of sp³-hybridized carbons (Fsp3) is 0.176. The van der Waals surface area contributed by atoms with Crippen LogP contribution in [-0.4, -0.2) is 16.8 Å². The van der Waals surface area contributed by atoms with Crippen molar-refractivity contribution < 1.29 is 18.4 Å². The molecule has 8 heteroatoms. The number of urea groups is 1. The number of amides is 3. The van der Waals surface area contributed by atoms with Crippen LogP contribution < -0.4 is 5.32 Å². The van der Waals surface area contributed by atoms with Gasteiger partial charge in [0.1, 0.15) is 5.54 Å². The third kappa shape index (κ3) is 3.07. The molecule has 0 aliphatic carbocycles. The molecule has 0 radical (unpaired) electrons. The lowest BCUT2D eigenvalue weighted by Crippen LogP contribution is -2.41. The van der Waals surface area contributed by atoms with Crippen molar-refractivity contribution in [3.8, 4) is 0 Å². The molecule has 1 N–H and O–H groups in total. The van der Waals surface area contributed by atoms with Gasteiger partial charge in [0.05, 0.1) is 6.54 Å². The van der Waals surface area contributed by atoms with Crippen LogP contribution in [0, 0.1) is 11.6 Å². The molecule has 1 unspecified atom stereocenters. The van der Waals surface area contributed by atoms with Crippen molar-refractivity contribution in [2.75, 3.05) is 0 Å². The normalized spacial score (nSPS) is 20.1. The molecule has 0 saturated carbocycles. The Bertz CT molecular complexity index is 891. The van der Waals surface area contributed by atoms with Gasteiger partial charge in [0.15, 0.2) is 11.6 Å². The molecule has 1 atom stereocenters. The molecule has 1 saturated heterocycles. The fourth-order valence-corrected chi connectivity index (χ4v) is 3.13. The van der Waals surface area contributed by atoms with E-state index in [0.29, 0.717) is 15.6 Å². The van der Waals surface area contributed by atoms with Crippen LogP contribution in [0.4, 0.5) is 13.6 Å². The predicted molar refractivity (Wildman–Crippen MR) is 89.3 cm³/mol. The zero-order chi connectivity index (χ0) is 18.4. The molecular weight excluding hydrogens is 373 g/mol. The van der Waals surface area contributed by atoms with E-state index in [-0.39, 0.29) is 12.1 Å². The van der Waals surface area contributed by atoms with E-state index >= 15 is 0 Å². The number of hydrogen-bond acceptors (Lipinski definition) is 2. The molecule has 2 aromatic carbocycles.